The third-order valence-corrected chi connectivity index (χ3v) is 6.22. The van der Waals surface area contributed by atoms with Crippen LogP contribution in [-0.4, -0.2) is 42.2 Å². The van der Waals surface area contributed by atoms with Gasteiger partial charge in [-0.25, -0.2) is 0 Å². The van der Waals surface area contributed by atoms with E-state index in [1.807, 2.05) is 24.5 Å². The third-order valence-electron chi connectivity index (χ3n) is 6.22. The van der Waals surface area contributed by atoms with Gasteiger partial charge in [-0.15, -0.1) is 0 Å². The molecule has 4 nitrogen and oxygen atoms in total. The summed E-state index contributed by atoms with van der Waals surface area (Å²) in [6, 6.07) is 22.6. The lowest BCUT2D eigenvalue weighted by Gasteiger charge is -2.59. The average molecular weight is 371 g/mol. The molecule has 0 amide bonds. The Morgan fingerprint density at radius 2 is 1.75 bits per heavy atom. The molecular formula is C24H25N3O. The second-order valence-corrected chi connectivity index (χ2v) is 7.67. The van der Waals surface area contributed by atoms with Gasteiger partial charge in [-0.05, 0) is 28.8 Å². The third kappa shape index (κ3) is 2.99. The van der Waals surface area contributed by atoms with E-state index >= 15 is 0 Å². The molecule has 2 aromatic carbocycles. The summed E-state index contributed by atoms with van der Waals surface area (Å²) in [5.41, 5.74) is 5.11. The largest absolute Gasteiger partial charge is 0.496 e. The van der Waals surface area contributed by atoms with E-state index in [-0.39, 0.29) is 0 Å². The molecule has 0 saturated carbocycles. The predicted molar refractivity (Wildman–Crippen MR) is 111 cm³/mol. The lowest BCUT2D eigenvalue weighted by molar-refractivity contribution is -0.0487. The van der Waals surface area contributed by atoms with Crippen molar-refractivity contribution in [3.05, 3.63) is 84.2 Å². The van der Waals surface area contributed by atoms with Crippen molar-refractivity contribution >= 4 is 0 Å². The number of para-hydroxylation sites is 1. The molecule has 1 aromatic heterocycles. The van der Waals surface area contributed by atoms with E-state index in [4.69, 9.17) is 4.74 Å². The number of piperidine rings is 1. The van der Waals surface area contributed by atoms with Gasteiger partial charge in [0.15, 0.2) is 0 Å². The maximum absolute atomic E-state index is 5.56. The fourth-order valence-corrected chi connectivity index (χ4v) is 4.82. The van der Waals surface area contributed by atoms with Crippen molar-refractivity contribution in [1.29, 1.82) is 0 Å². The van der Waals surface area contributed by atoms with E-state index in [0.717, 1.165) is 25.4 Å². The summed E-state index contributed by atoms with van der Waals surface area (Å²) in [4.78, 5) is 6.86. The Hall–Kier alpha value is -2.69. The van der Waals surface area contributed by atoms with Crippen molar-refractivity contribution < 1.29 is 4.74 Å². The zero-order chi connectivity index (χ0) is 18.9. The van der Waals surface area contributed by atoms with Crippen molar-refractivity contribution in [1.82, 2.24) is 15.2 Å². The van der Waals surface area contributed by atoms with Crippen LogP contribution in [0.15, 0.2) is 73.1 Å². The zero-order valence-electron chi connectivity index (χ0n) is 16.1. The highest BCUT2D eigenvalue weighted by molar-refractivity contribution is 5.62. The summed E-state index contributed by atoms with van der Waals surface area (Å²) < 4.78 is 5.56. The topological polar surface area (TPSA) is 37.4 Å². The van der Waals surface area contributed by atoms with E-state index in [2.05, 4.69) is 63.7 Å². The highest BCUT2D eigenvalue weighted by atomic mass is 16.5. The molecule has 4 heteroatoms. The SMILES string of the molecule is COc1ccccc1CN1[C@@H]2CNC[C@H]1C2c1ccc(-c2cccnc2)cc1. The molecule has 0 aliphatic carbocycles. The van der Waals surface area contributed by atoms with Gasteiger partial charge in [0, 0.05) is 55.6 Å². The van der Waals surface area contributed by atoms with Gasteiger partial charge in [-0.2, -0.15) is 0 Å². The number of rotatable bonds is 5. The first-order valence-corrected chi connectivity index (χ1v) is 9.94. The number of hydrogen-bond donors (Lipinski definition) is 1. The smallest absolute Gasteiger partial charge is 0.123 e. The Morgan fingerprint density at radius 1 is 0.964 bits per heavy atom. The molecule has 2 saturated heterocycles. The van der Waals surface area contributed by atoms with Crippen LogP contribution in [0.3, 0.4) is 0 Å². The molecule has 0 spiro atoms. The highest BCUT2D eigenvalue weighted by Crippen LogP contribution is 2.44. The first-order valence-electron chi connectivity index (χ1n) is 9.94. The van der Waals surface area contributed by atoms with Gasteiger partial charge in [0.25, 0.3) is 0 Å². The van der Waals surface area contributed by atoms with E-state index in [0.29, 0.717) is 18.0 Å². The molecule has 2 fully saturated rings. The summed E-state index contributed by atoms with van der Waals surface area (Å²) in [5, 5.41) is 3.58. The average Bonchev–Trinajstić information content (AvgIpc) is 2.78. The molecule has 3 atom stereocenters. The van der Waals surface area contributed by atoms with Gasteiger partial charge in [0.05, 0.1) is 7.11 Å². The number of nitrogens with one attached hydrogen (secondary N) is 1. The number of nitrogens with zero attached hydrogens (tertiary/aromatic N) is 2. The minimum atomic E-state index is 0.535. The lowest BCUT2D eigenvalue weighted by Crippen LogP contribution is -2.72. The monoisotopic (exact) mass is 371 g/mol. The van der Waals surface area contributed by atoms with Gasteiger partial charge < -0.3 is 10.1 Å². The molecular weight excluding hydrogens is 346 g/mol. The number of pyridine rings is 1. The van der Waals surface area contributed by atoms with Gasteiger partial charge in [-0.3, -0.25) is 9.88 Å². The number of benzene rings is 2. The minimum absolute atomic E-state index is 0.535. The van der Waals surface area contributed by atoms with E-state index in [9.17, 15) is 0 Å². The number of methoxy groups -OCH3 is 1. The minimum Gasteiger partial charge on any atom is -0.496 e. The van der Waals surface area contributed by atoms with Crippen LogP contribution < -0.4 is 10.1 Å². The van der Waals surface area contributed by atoms with Crippen LogP contribution in [0, 0.1) is 0 Å². The fourth-order valence-electron chi connectivity index (χ4n) is 4.82. The Bertz CT molecular complexity index is 930. The van der Waals surface area contributed by atoms with Crippen LogP contribution in [0.2, 0.25) is 0 Å². The molecule has 142 valence electrons. The zero-order valence-corrected chi connectivity index (χ0v) is 16.1. The summed E-state index contributed by atoms with van der Waals surface area (Å²) in [5.74, 6) is 1.58. The second kappa shape index (κ2) is 7.38. The van der Waals surface area contributed by atoms with Crippen molar-refractivity contribution in [2.24, 2.45) is 0 Å². The van der Waals surface area contributed by atoms with Gasteiger partial charge in [-0.1, -0.05) is 48.5 Å². The molecule has 2 aliphatic rings. The number of ether oxygens (including phenoxy) is 1. The Morgan fingerprint density at radius 3 is 2.46 bits per heavy atom. The number of piperazine rings is 1. The van der Waals surface area contributed by atoms with Crippen LogP contribution in [0.5, 0.6) is 5.75 Å². The fraction of sp³-hybridized carbons (Fsp3) is 0.292. The van der Waals surface area contributed by atoms with Crippen molar-refractivity contribution in [3.63, 3.8) is 0 Å². The van der Waals surface area contributed by atoms with Crippen LogP contribution in [-0.2, 0) is 6.54 Å². The predicted octanol–water partition coefficient (Wildman–Crippen LogP) is 3.70. The van der Waals surface area contributed by atoms with Crippen molar-refractivity contribution in [2.75, 3.05) is 20.2 Å². The molecule has 1 N–H and O–H groups in total. The van der Waals surface area contributed by atoms with Crippen LogP contribution >= 0.6 is 0 Å². The molecule has 3 aromatic rings. The normalized spacial score (nSPS) is 23.8. The standard InChI is InChI=1S/C24H25N3O/c1-28-23-7-3-2-5-20(23)16-27-21-14-26-15-22(27)24(21)18-10-8-17(9-11-18)19-6-4-12-25-13-19/h2-13,21-22,24,26H,14-16H2,1H3/t21-,22+,24?. The number of fused-ring (bicyclic) bond motifs is 2. The van der Waals surface area contributed by atoms with Gasteiger partial charge >= 0.3 is 0 Å². The molecule has 3 heterocycles. The molecule has 0 radical (unpaired) electrons. The van der Waals surface area contributed by atoms with Gasteiger partial charge in [0.2, 0.25) is 0 Å². The van der Waals surface area contributed by atoms with Crippen molar-refractivity contribution in [3.8, 4) is 16.9 Å². The molecule has 2 bridgehead atoms. The first kappa shape index (κ1) is 17.4. The van der Waals surface area contributed by atoms with Crippen molar-refractivity contribution in [2.45, 2.75) is 24.5 Å². The van der Waals surface area contributed by atoms with Crippen LogP contribution in [0.25, 0.3) is 11.1 Å². The number of aromatic nitrogens is 1. The summed E-state index contributed by atoms with van der Waals surface area (Å²) in [6.07, 6.45) is 3.74. The second-order valence-electron chi connectivity index (χ2n) is 7.67. The van der Waals surface area contributed by atoms with E-state index in [1.54, 1.807) is 7.11 Å². The van der Waals surface area contributed by atoms with E-state index in [1.165, 1.54) is 22.3 Å². The Kier molecular flexibility index (Phi) is 4.59. The maximum atomic E-state index is 5.56. The molecule has 28 heavy (non-hydrogen) atoms. The summed E-state index contributed by atoms with van der Waals surface area (Å²) >= 11 is 0. The first-order chi connectivity index (χ1) is 13.8. The molecule has 5 rings (SSSR count). The molecule has 1 unspecified atom stereocenters. The quantitative estimate of drug-likeness (QED) is 0.742. The Balaban J connectivity index is 1.35. The highest BCUT2D eigenvalue weighted by Gasteiger charge is 2.51. The van der Waals surface area contributed by atoms with Crippen LogP contribution in [0.1, 0.15) is 17.0 Å². The maximum Gasteiger partial charge on any atom is 0.123 e. The summed E-state index contributed by atoms with van der Waals surface area (Å²) in [6.45, 7) is 3.03. The molecule has 2 aliphatic heterocycles. The summed E-state index contributed by atoms with van der Waals surface area (Å²) in [7, 11) is 1.75. The van der Waals surface area contributed by atoms with Gasteiger partial charge in [0.1, 0.15) is 5.75 Å². The van der Waals surface area contributed by atoms with Crippen LogP contribution in [0.4, 0.5) is 0 Å². The Labute approximate surface area is 166 Å². The lowest BCUT2D eigenvalue weighted by atomic mass is 9.72. The van der Waals surface area contributed by atoms with E-state index < -0.39 is 0 Å². The number of hydrogen-bond acceptors (Lipinski definition) is 4.